The smallest absolute Gasteiger partial charge is 0.269 e. The molecule has 0 bridgehead atoms. The maximum atomic E-state index is 11.8. The first-order valence-corrected chi connectivity index (χ1v) is 7.22. The number of benzene rings is 1. The summed E-state index contributed by atoms with van der Waals surface area (Å²) in [6, 6.07) is 10.7. The minimum absolute atomic E-state index is 0.0183. The van der Waals surface area contributed by atoms with E-state index in [9.17, 15) is 9.59 Å². The van der Waals surface area contributed by atoms with Gasteiger partial charge in [0.25, 0.3) is 5.91 Å². The molecule has 0 aliphatic carbocycles. The number of hydrogen-bond acceptors (Lipinski definition) is 4. The monoisotopic (exact) mass is 297 g/mol. The second-order valence-electron chi connectivity index (χ2n) is 4.95. The van der Waals surface area contributed by atoms with Crippen LogP contribution < -0.4 is 10.6 Å². The van der Waals surface area contributed by atoms with Crippen LogP contribution in [0.1, 0.15) is 41.1 Å². The van der Waals surface area contributed by atoms with E-state index in [4.69, 9.17) is 0 Å². The molecule has 1 aromatic heterocycles. The maximum Gasteiger partial charge on any atom is 0.269 e. The van der Waals surface area contributed by atoms with Crippen molar-refractivity contribution >= 4 is 23.1 Å². The van der Waals surface area contributed by atoms with Crippen LogP contribution in [-0.4, -0.2) is 23.2 Å². The van der Waals surface area contributed by atoms with E-state index in [-0.39, 0.29) is 11.7 Å². The van der Waals surface area contributed by atoms with E-state index in [2.05, 4.69) is 15.6 Å². The molecule has 22 heavy (non-hydrogen) atoms. The van der Waals surface area contributed by atoms with Gasteiger partial charge in [0.15, 0.2) is 5.78 Å². The van der Waals surface area contributed by atoms with Crippen LogP contribution in [0.4, 0.5) is 11.4 Å². The van der Waals surface area contributed by atoms with Crippen molar-refractivity contribution in [2.75, 3.05) is 11.9 Å². The van der Waals surface area contributed by atoms with Crippen molar-refractivity contribution in [2.24, 2.45) is 0 Å². The van der Waals surface area contributed by atoms with Crippen LogP contribution in [0.25, 0.3) is 0 Å². The lowest BCUT2D eigenvalue weighted by molar-refractivity contribution is 0.0947. The number of ketones is 1. The van der Waals surface area contributed by atoms with Crippen molar-refractivity contribution in [1.29, 1.82) is 0 Å². The zero-order valence-electron chi connectivity index (χ0n) is 12.7. The summed E-state index contributed by atoms with van der Waals surface area (Å²) < 4.78 is 0. The molecule has 5 heteroatoms. The van der Waals surface area contributed by atoms with Crippen LogP contribution in [0.15, 0.2) is 42.6 Å². The van der Waals surface area contributed by atoms with Gasteiger partial charge in [0.05, 0.1) is 11.9 Å². The van der Waals surface area contributed by atoms with E-state index in [1.165, 1.54) is 6.92 Å². The van der Waals surface area contributed by atoms with E-state index in [0.29, 0.717) is 17.8 Å². The Morgan fingerprint density at radius 1 is 1.14 bits per heavy atom. The Hall–Kier alpha value is -2.69. The van der Waals surface area contributed by atoms with Gasteiger partial charge in [-0.25, -0.2) is 4.98 Å². The second kappa shape index (κ2) is 7.36. The van der Waals surface area contributed by atoms with Crippen LogP contribution in [0, 0.1) is 0 Å². The first-order valence-electron chi connectivity index (χ1n) is 7.22. The number of aromatic nitrogens is 1. The molecule has 0 saturated heterocycles. The molecule has 1 amide bonds. The summed E-state index contributed by atoms with van der Waals surface area (Å²) in [6.45, 7) is 4.17. The summed E-state index contributed by atoms with van der Waals surface area (Å²) in [4.78, 5) is 27.3. The van der Waals surface area contributed by atoms with Crippen LogP contribution >= 0.6 is 0 Å². The van der Waals surface area contributed by atoms with Crippen LogP contribution in [0.5, 0.6) is 0 Å². The minimum atomic E-state index is -0.174. The van der Waals surface area contributed by atoms with E-state index >= 15 is 0 Å². The normalized spacial score (nSPS) is 10.1. The van der Waals surface area contributed by atoms with Crippen LogP contribution in [0.2, 0.25) is 0 Å². The quantitative estimate of drug-likeness (QED) is 0.803. The molecule has 2 rings (SSSR count). The number of Topliss-reactive ketones (excluding diaryl/α,β-unsaturated/α-hetero) is 1. The molecular weight excluding hydrogens is 278 g/mol. The number of nitrogens with zero attached hydrogens (tertiary/aromatic N) is 1. The van der Waals surface area contributed by atoms with Crippen molar-refractivity contribution in [3.05, 3.63) is 53.9 Å². The third kappa shape index (κ3) is 4.15. The van der Waals surface area contributed by atoms with E-state index < -0.39 is 0 Å². The Morgan fingerprint density at radius 2 is 1.95 bits per heavy atom. The molecule has 0 saturated carbocycles. The Kier molecular flexibility index (Phi) is 5.25. The van der Waals surface area contributed by atoms with Gasteiger partial charge in [-0.2, -0.15) is 0 Å². The SMILES string of the molecule is CCCNC(=O)c1ccc(Nc2cccc(C(C)=O)c2)cn1. The number of anilines is 2. The fourth-order valence-electron chi connectivity index (χ4n) is 1.91. The largest absolute Gasteiger partial charge is 0.354 e. The van der Waals surface area contributed by atoms with Crippen molar-refractivity contribution in [3.8, 4) is 0 Å². The molecule has 0 aliphatic rings. The summed E-state index contributed by atoms with van der Waals surface area (Å²) in [6.07, 6.45) is 2.49. The van der Waals surface area contributed by atoms with E-state index in [1.807, 2.05) is 19.1 Å². The van der Waals surface area contributed by atoms with Crippen LogP contribution in [0.3, 0.4) is 0 Å². The molecule has 2 aromatic rings. The van der Waals surface area contributed by atoms with Gasteiger partial charge in [-0.1, -0.05) is 19.1 Å². The molecule has 0 atom stereocenters. The number of carbonyl (C=O) groups is 2. The topological polar surface area (TPSA) is 71.1 Å². The predicted molar refractivity (Wildman–Crippen MR) is 86.6 cm³/mol. The molecule has 1 aromatic carbocycles. The molecule has 2 N–H and O–H groups in total. The molecule has 0 spiro atoms. The van der Waals surface area contributed by atoms with Crippen molar-refractivity contribution in [2.45, 2.75) is 20.3 Å². The number of carbonyl (C=O) groups excluding carboxylic acids is 2. The van der Waals surface area contributed by atoms with E-state index in [1.54, 1.807) is 30.5 Å². The summed E-state index contributed by atoms with van der Waals surface area (Å²) >= 11 is 0. The molecule has 0 aliphatic heterocycles. The third-order valence-corrected chi connectivity index (χ3v) is 3.09. The van der Waals surface area contributed by atoms with Crippen LogP contribution in [-0.2, 0) is 0 Å². The summed E-state index contributed by atoms with van der Waals surface area (Å²) in [5.41, 5.74) is 2.59. The van der Waals surface area contributed by atoms with Crippen molar-refractivity contribution in [3.63, 3.8) is 0 Å². The lowest BCUT2D eigenvalue weighted by Gasteiger charge is -2.08. The first kappa shape index (κ1) is 15.7. The summed E-state index contributed by atoms with van der Waals surface area (Å²) in [7, 11) is 0. The molecule has 0 unspecified atom stereocenters. The first-order chi connectivity index (χ1) is 10.6. The molecule has 0 radical (unpaired) electrons. The third-order valence-electron chi connectivity index (χ3n) is 3.09. The highest BCUT2D eigenvalue weighted by Gasteiger charge is 2.06. The zero-order valence-corrected chi connectivity index (χ0v) is 12.7. The summed E-state index contributed by atoms with van der Waals surface area (Å²) in [5, 5.41) is 5.94. The fourth-order valence-corrected chi connectivity index (χ4v) is 1.91. The van der Waals surface area contributed by atoms with Gasteiger partial charge in [0.1, 0.15) is 5.69 Å². The van der Waals surface area contributed by atoms with Gasteiger partial charge >= 0.3 is 0 Å². The summed E-state index contributed by atoms with van der Waals surface area (Å²) in [5.74, 6) is -0.156. The minimum Gasteiger partial charge on any atom is -0.354 e. The second-order valence-corrected chi connectivity index (χ2v) is 4.95. The Bertz CT molecular complexity index is 666. The molecular formula is C17H19N3O2. The Labute approximate surface area is 129 Å². The lowest BCUT2D eigenvalue weighted by atomic mass is 10.1. The van der Waals surface area contributed by atoms with Gasteiger partial charge in [0.2, 0.25) is 0 Å². The average molecular weight is 297 g/mol. The lowest BCUT2D eigenvalue weighted by Crippen LogP contribution is -2.24. The Morgan fingerprint density at radius 3 is 2.59 bits per heavy atom. The Balaban J connectivity index is 2.06. The molecule has 5 nitrogen and oxygen atoms in total. The van der Waals surface area contributed by atoms with Crippen molar-refractivity contribution < 1.29 is 9.59 Å². The van der Waals surface area contributed by atoms with E-state index in [0.717, 1.165) is 17.8 Å². The number of hydrogen-bond donors (Lipinski definition) is 2. The fraction of sp³-hybridized carbons (Fsp3) is 0.235. The highest BCUT2D eigenvalue weighted by Crippen LogP contribution is 2.17. The molecule has 1 heterocycles. The van der Waals surface area contributed by atoms with Gasteiger partial charge in [-0.15, -0.1) is 0 Å². The molecule has 114 valence electrons. The standard InChI is InChI=1S/C17H19N3O2/c1-3-9-18-17(22)16-8-7-15(11-19-16)20-14-6-4-5-13(10-14)12(2)21/h4-8,10-11,20H,3,9H2,1-2H3,(H,18,22). The highest BCUT2D eigenvalue weighted by molar-refractivity contribution is 5.95. The average Bonchev–Trinajstić information content (AvgIpc) is 2.53. The van der Waals surface area contributed by atoms with Crippen molar-refractivity contribution in [1.82, 2.24) is 10.3 Å². The number of pyridine rings is 1. The number of amides is 1. The van der Waals surface area contributed by atoms with Gasteiger partial charge in [-0.3, -0.25) is 9.59 Å². The van der Waals surface area contributed by atoms with Gasteiger partial charge in [-0.05, 0) is 37.6 Å². The molecule has 0 fully saturated rings. The highest BCUT2D eigenvalue weighted by atomic mass is 16.1. The maximum absolute atomic E-state index is 11.8. The zero-order chi connectivity index (χ0) is 15.9. The van der Waals surface area contributed by atoms with Gasteiger partial charge < -0.3 is 10.6 Å². The number of nitrogens with one attached hydrogen (secondary N) is 2. The predicted octanol–water partition coefficient (Wildman–Crippen LogP) is 3.17. The number of rotatable bonds is 6. The van der Waals surface area contributed by atoms with Gasteiger partial charge in [0, 0.05) is 17.8 Å².